The highest BCUT2D eigenvalue weighted by molar-refractivity contribution is 6.36. The number of amides is 2. The number of carbonyl (C=O) groups excluding carboxylic acids is 2. The standard InChI is InChI=1S/C22H14F8N4O4/c23-13-5-1-11(2-6-13)15-9-19(37,21(25,26)27)33(31-15)17(35)18(36)34-20(38,22(28,29)30)10-16(32-34)12-3-7-14(24)8-4-12/h1-8,37-38H,9-10H2. The quantitative estimate of drug-likeness (QED) is 0.443. The van der Waals surface area contributed by atoms with Gasteiger partial charge in [0.15, 0.2) is 0 Å². The molecule has 2 unspecified atom stereocenters. The van der Waals surface area contributed by atoms with Crippen molar-refractivity contribution in [3.8, 4) is 0 Å². The van der Waals surface area contributed by atoms with Crippen molar-refractivity contribution in [1.29, 1.82) is 0 Å². The van der Waals surface area contributed by atoms with Crippen LogP contribution in [0.15, 0.2) is 58.7 Å². The van der Waals surface area contributed by atoms with Gasteiger partial charge in [-0.3, -0.25) is 9.59 Å². The molecule has 0 bridgehead atoms. The Kier molecular flexibility index (Phi) is 6.31. The Hall–Kier alpha value is -3.92. The highest BCUT2D eigenvalue weighted by Gasteiger charge is 2.67. The molecule has 16 heteroatoms. The van der Waals surface area contributed by atoms with Gasteiger partial charge in [-0.05, 0) is 35.4 Å². The van der Waals surface area contributed by atoms with Gasteiger partial charge in [-0.2, -0.15) is 46.6 Å². The normalized spacial score (nSPS) is 23.9. The molecule has 0 saturated heterocycles. The van der Waals surface area contributed by atoms with Crippen molar-refractivity contribution in [1.82, 2.24) is 10.0 Å². The van der Waals surface area contributed by atoms with Crippen LogP contribution in [-0.2, 0) is 9.59 Å². The minimum absolute atomic E-state index is 0.193. The first-order valence-electron chi connectivity index (χ1n) is 10.4. The van der Waals surface area contributed by atoms with Crippen molar-refractivity contribution in [2.45, 2.75) is 36.6 Å². The Morgan fingerprint density at radius 3 is 1.21 bits per heavy atom. The smallest absolute Gasteiger partial charge is 0.362 e. The fraction of sp³-hybridized carbons (Fsp3) is 0.273. The lowest BCUT2D eigenvalue weighted by atomic mass is 10.0. The van der Waals surface area contributed by atoms with E-state index in [1.807, 2.05) is 0 Å². The summed E-state index contributed by atoms with van der Waals surface area (Å²) in [4.78, 5) is 25.7. The number of halogens is 8. The lowest BCUT2D eigenvalue weighted by Gasteiger charge is -2.35. The Balaban J connectivity index is 1.76. The van der Waals surface area contributed by atoms with Crippen LogP contribution in [0.2, 0.25) is 0 Å². The summed E-state index contributed by atoms with van der Waals surface area (Å²) in [6, 6.07) is 7.18. The molecule has 2 N–H and O–H groups in total. The van der Waals surface area contributed by atoms with Gasteiger partial charge >= 0.3 is 24.2 Å². The molecule has 2 heterocycles. The average Bonchev–Trinajstić information content (AvgIpc) is 3.38. The summed E-state index contributed by atoms with van der Waals surface area (Å²) in [6.07, 6.45) is -14.2. The van der Waals surface area contributed by atoms with E-state index in [1.165, 1.54) is 0 Å². The van der Waals surface area contributed by atoms with E-state index in [9.17, 15) is 54.9 Å². The molecular weight excluding hydrogens is 536 g/mol. The van der Waals surface area contributed by atoms with Crippen LogP contribution in [0, 0.1) is 11.6 Å². The highest BCUT2D eigenvalue weighted by atomic mass is 19.4. The number of rotatable bonds is 2. The number of aliphatic hydroxyl groups is 2. The molecule has 4 rings (SSSR count). The molecule has 2 atom stereocenters. The van der Waals surface area contributed by atoms with Gasteiger partial charge in [0.05, 0.1) is 24.3 Å². The summed E-state index contributed by atoms with van der Waals surface area (Å²) in [5.74, 6) is -6.38. The second-order valence-electron chi connectivity index (χ2n) is 8.32. The summed E-state index contributed by atoms with van der Waals surface area (Å²) in [5, 5.41) is 25.8. The summed E-state index contributed by atoms with van der Waals surface area (Å²) in [5.41, 5.74) is -10.0. The van der Waals surface area contributed by atoms with E-state index in [-0.39, 0.29) is 11.1 Å². The zero-order chi connectivity index (χ0) is 28.3. The summed E-state index contributed by atoms with van der Waals surface area (Å²) in [6.45, 7) is 0. The first-order chi connectivity index (χ1) is 17.5. The van der Waals surface area contributed by atoms with E-state index in [0.29, 0.717) is 0 Å². The van der Waals surface area contributed by atoms with Crippen LogP contribution >= 0.6 is 0 Å². The molecule has 0 saturated carbocycles. The molecule has 38 heavy (non-hydrogen) atoms. The predicted molar refractivity (Wildman–Crippen MR) is 111 cm³/mol. The maximum absolute atomic E-state index is 13.8. The Morgan fingerprint density at radius 2 is 0.947 bits per heavy atom. The second-order valence-corrected chi connectivity index (χ2v) is 8.32. The second kappa shape index (κ2) is 8.83. The zero-order valence-electron chi connectivity index (χ0n) is 18.6. The molecule has 2 amide bonds. The van der Waals surface area contributed by atoms with Gasteiger partial charge in [0.1, 0.15) is 11.6 Å². The van der Waals surface area contributed by atoms with Crippen molar-refractivity contribution >= 4 is 23.2 Å². The SMILES string of the molecule is O=C(C(=O)N1N=C(c2ccc(F)cc2)CC1(O)C(F)(F)F)N1N=C(c2ccc(F)cc2)CC1(O)C(F)(F)F. The number of hydrogen-bond acceptors (Lipinski definition) is 6. The largest absolute Gasteiger partial charge is 0.438 e. The molecule has 0 radical (unpaired) electrons. The van der Waals surface area contributed by atoms with E-state index >= 15 is 0 Å². The minimum Gasteiger partial charge on any atom is -0.362 e. The van der Waals surface area contributed by atoms with E-state index < -0.39 is 81.5 Å². The van der Waals surface area contributed by atoms with Gasteiger partial charge in [-0.25, -0.2) is 8.78 Å². The molecule has 2 aliphatic heterocycles. The van der Waals surface area contributed by atoms with Crippen molar-refractivity contribution in [3.05, 3.63) is 71.3 Å². The lowest BCUT2D eigenvalue weighted by molar-refractivity contribution is -0.307. The molecular formula is C22H14F8N4O4. The maximum Gasteiger partial charge on any atom is 0.438 e. The molecule has 2 aromatic rings. The number of benzene rings is 2. The first-order valence-corrected chi connectivity index (χ1v) is 10.4. The Labute approximate surface area is 207 Å². The number of alkyl halides is 6. The van der Waals surface area contributed by atoms with Crippen molar-refractivity contribution in [2.24, 2.45) is 10.2 Å². The van der Waals surface area contributed by atoms with Crippen LogP contribution in [0.25, 0.3) is 0 Å². The van der Waals surface area contributed by atoms with Crippen LogP contribution in [0.5, 0.6) is 0 Å². The summed E-state index contributed by atoms with van der Waals surface area (Å²) < 4.78 is 109. The van der Waals surface area contributed by atoms with Crippen LogP contribution in [0.1, 0.15) is 24.0 Å². The molecule has 2 aliphatic rings. The van der Waals surface area contributed by atoms with Crippen LogP contribution in [0.4, 0.5) is 35.1 Å². The molecule has 0 spiro atoms. The van der Waals surface area contributed by atoms with Crippen LogP contribution < -0.4 is 0 Å². The molecule has 8 nitrogen and oxygen atoms in total. The molecule has 202 valence electrons. The van der Waals surface area contributed by atoms with E-state index in [0.717, 1.165) is 48.5 Å². The number of carbonyl (C=O) groups is 2. The number of hydrazone groups is 2. The summed E-state index contributed by atoms with van der Waals surface area (Å²) in [7, 11) is 0. The Bertz CT molecular complexity index is 1240. The minimum atomic E-state index is -5.66. The van der Waals surface area contributed by atoms with Gasteiger partial charge in [0.25, 0.3) is 11.4 Å². The molecule has 2 aromatic carbocycles. The maximum atomic E-state index is 13.8. The van der Waals surface area contributed by atoms with Crippen LogP contribution in [-0.4, -0.2) is 67.3 Å². The third kappa shape index (κ3) is 4.38. The fourth-order valence-corrected chi connectivity index (χ4v) is 3.75. The van der Waals surface area contributed by atoms with Gasteiger partial charge < -0.3 is 10.2 Å². The van der Waals surface area contributed by atoms with Crippen molar-refractivity contribution < 1.29 is 54.9 Å². The van der Waals surface area contributed by atoms with Crippen molar-refractivity contribution in [3.63, 3.8) is 0 Å². The topological polar surface area (TPSA) is 106 Å². The van der Waals surface area contributed by atoms with Gasteiger partial charge in [-0.15, -0.1) is 0 Å². The molecule has 0 aliphatic carbocycles. The molecule has 0 aromatic heterocycles. The van der Waals surface area contributed by atoms with Crippen molar-refractivity contribution in [2.75, 3.05) is 0 Å². The van der Waals surface area contributed by atoms with E-state index in [1.54, 1.807) is 0 Å². The third-order valence-corrected chi connectivity index (χ3v) is 5.80. The van der Waals surface area contributed by atoms with E-state index in [2.05, 4.69) is 10.2 Å². The summed E-state index contributed by atoms with van der Waals surface area (Å²) >= 11 is 0. The zero-order valence-corrected chi connectivity index (χ0v) is 18.6. The molecule has 0 fully saturated rings. The third-order valence-electron chi connectivity index (χ3n) is 5.80. The van der Waals surface area contributed by atoms with Gasteiger partial charge in [-0.1, -0.05) is 24.3 Å². The number of hydrogen-bond donors (Lipinski definition) is 2. The van der Waals surface area contributed by atoms with Crippen LogP contribution in [0.3, 0.4) is 0 Å². The highest BCUT2D eigenvalue weighted by Crippen LogP contribution is 2.44. The Morgan fingerprint density at radius 1 is 0.658 bits per heavy atom. The average molecular weight is 550 g/mol. The van der Waals surface area contributed by atoms with Gasteiger partial charge in [0, 0.05) is 0 Å². The van der Waals surface area contributed by atoms with E-state index in [4.69, 9.17) is 0 Å². The van der Waals surface area contributed by atoms with Gasteiger partial charge in [0.2, 0.25) is 0 Å². The monoisotopic (exact) mass is 550 g/mol. The number of nitrogens with zero attached hydrogens (tertiary/aromatic N) is 4. The lowest BCUT2D eigenvalue weighted by Crippen LogP contribution is -2.63. The first kappa shape index (κ1) is 27.1. The predicted octanol–water partition coefficient (Wildman–Crippen LogP) is 3.04. The fourth-order valence-electron chi connectivity index (χ4n) is 3.75.